The van der Waals surface area contributed by atoms with Gasteiger partial charge in [-0.2, -0.15) is 0 Å². The van der Waals surface area contributed by atoms with Gasteiger partial charge < -0.3 is 0 Å². The van der Waals surface area contributed by atoms with Crippen LogP contribution < -0.4 is 0 Å². The molecular weight excluding hydrogens is 300 g/mol. The summed E-state index contributed by atoms with van der Waals surface area (Å²) < 4.78 is 0. The van der Waals surface area contributed by atoms with Crippen molar-refractivity contribution in [2.24, 2.45) is 0 Å². The number of hydrogen-bond donors (Lipinski definition) is 0. The van der Waals surface area contributed by atoms with Crippen molar-refractivity contribution in [3.05, 3.63) is 120 Å². The van der Waals surface area contributed by atoms with Crippen LogP contribution in [0.3, 0.4) is 0 Å². The van der Waals surface area contributed by atoms with Crippen molar-refractivity contribution in [1.82, 2.24) is 0 Å². The van der Waals surface area contributed by atoms with Gasteiger partial charge in [0.05, 0.1) is 0 Å². The molecule has 3 rings (SSSR count). The molecular formula is C25H24. The highest BCUT2D eigenvalue weighted by Gasteiger charge is 2.02. The average molecular weight is 324 g/mol. The van der Waals surface area contributed by atoms with Gasteiger partial charge in [-0.25, -0.2) is 0 Å². The molecule has 3 aromatic rings. The SMILES string of the molecule is C=Cc1ccc(CCCc2ccc(C(=C)c3ccccc3)cc2)cc1. The van der Waals surface area contributed by atoms with E-state index in [1.165, 1.54) is 27.8 Å². The van der Waals surface area contributed by atoms with Crippen molar-refractivity contribution in [3.63, 3.8) is 0 Å². The fraction of sp³-hybridized carbons (Fsp3) is 0.120. The first-order chi connectivity index (χ1) is 12.3. The first kappa shape index (κ1) is 17.0. The molecule has 0 atom stereocenters. The van der Waals surface area contributed by atoms with Crippen LogP contribution >= 0.6 is 0 Å². The van der Waals surface area contributed by atoms with E-state index in [4.69, 9.17) is 0 Å². The third kappa shape index (κ3) is 4.58. The first-order valence-electron chi connectivity index (χ1n) is 8.81. The summed E-state index contributed by atoms with van der Waals surface area (Å²) in [7, 11) is 0. The second kappa shape index (κ2) is 8.30. The Bertz CT molecular complexity index is 821. The topological polar surface area (TPSA) is 0 Å². The van der Waals surface area contributed by atoms with E-state index in [9.17, 15) is 0 Å². The van der Waals surface area contributed by atoms with E-state index in [1.807, 2.05) is 12.1 Å². The van der Waals surface area contributed by atoms with Gasteiger partial charge in [0.1, 0.15) is 0 Å². The molecule has 0 aliphatic rings. The lowest BCUT2D eigenvalue weighted by Crippen LogP contribution is -1.92. The number of benzene rings is 3. The molecule has 0 saturated carbocycles. The summed E-state index contributed by atoms with van der Waals surface area (Å²) in [6.07, 6.45) is 5.25. The molecule has 0 unspecified atom stereocenters. The molecule has 124 valence electrons. The molecule has 0 fully saturated rings. The lowest BCUT2D eigenvalue weighted by atomic mass is 9.97. The Morgan fingerprint density at radius 1 is 0.680 bits per heavy atom. The van der Waals surface area contributed by atoms with Gasteiger partial charge in [0, 0.05) is 0 Å². The zero-order valence-electron chi connectivity index (χ0n) is 14.6. The molecule has 0 radical (unpaired) electrons. The Morgan fingerprint density at radius 2 is 1.20 bits per heavy atom. The highest BCUT2D eigenvalue weighted by Crippen LogP contribution is 2.22. The normalized spacial score (nSPS) is 10.4. The van der Waals surface area contributed by atoms with E-state index in [0.29, 0.717) is 0 Å². The minimum absolute atomic E-state index is 1.08. The lowest BCUT2D eigenvalue weighted by Gasteiger charge is -2.08. The van der Waals surface area contributed by atoms with Gasteiger partial charge in [-0.15, -0.1) is 0 Å². The van der Waals surface area contributed by atoms with E-state index >= 15 is 0 Å². The average Bonchev–Trinajstić information content (AvgIpc) is 2.69. The van der Waals surface area contributed by atoms with Crippen molar-refractivity contribution in [2.75, 3.05) is 0 Å². The van der Waals surface area contributed by atoms with E-state index in [2.05, 4.69) is 86.0 Å². The van der Waals surface area contributed by atoms with Crippen LogP contribution in [-0.4, -0.2) is 0 Å². The summed E-state index contributed by atoms with van der Waals surface area (Å²) >= 11 is 0. The van der Waals surface area contributed by atoms with Crippen molar-refractivity contribution in [2.45, 2.75) is 19.3 Å². The highest BCUT2D eigenvalue weighted by molar-refractivity contribution is 5.77. The third-order valence-electron chi connectivity index (χ3n) is 4.57. The van der Waals surface area contributed by atoms with E-state index in [-0.39, 0.29) is 0 Å². The quantitative estimate of drug-likeness (QED) is 0.461. The molecule has 0 bridgehead atoms. The second-order valence-electron chi connectivity index (χ2n) is 6.34. The van der Waals surface area contributed by atoms with Gasteiger partial charge >= 0.3 is 0 Å². The van der Waals surface area contributed by atoms with Crippen molar-refractivity contribution in [1.29, 1.82) is 0 Å². The van der Waals surface area contributed by atoms with Gasteiger partial charge in [0.15, 0.2) is 0 Å². The predicted octanol–water partition coefficient (Wildman–Crippen LogP) is 6.57. The standard InChI is InChI=1S/C25H24/c1-3-21-12-14-22(15-13-21)8-7-9-23-16-18-25(19-17-23)20(2)24-10-5-4-6-11-24/h3-6,10-19H,1-2,7-9H2. The van der Waals surface area contributed by atoms with Gasteiger partial charge in [-0.3, -0.25) is 0 Å². The fourth-order valence-corrected chi connectivity index (χ4v) is 3.00. The fourth-order valence-electron chi connectivity index (χ4n) is 3.00. The van der Waals surface area contributed by atoms with E-state index < -0.39 is 0 Å². The molecule has 3 aromatic carbocycles. The summed E-state index contributed by atoms with van der Waals surface area (Å²) in [6.45, 7) is 8.03. The lowest BCUT2D eigenvalue weighted by molar-refractivity contribution is 0.820. The minimum Gasteiger partial charge on any atom is -0.0985 e. The van der Waals surface area contributed by atoms with Gasteiger partial charge in [0.25, 0.3) is 0 Å². The molecule has 0 spiro atoms. The van der Waals surface area contributed by atoms with Crippen LogP contribution in [0.1, 0.15) is 34.2 Å². The van der Waals surface area contributed by atoms with Crippen molar-refractivity contribution < 1.29 is 0 Å². The highest BCUT2D eigenvalue weighted by atomic mass is 14.1. The summed E-state index contributed by atoms with van der Waals surface area (Å²) in [5.74, 6) is 0. The number of hydrogen-bond acceptors (Lipinski definition) is 0. The van der Waals surface area contributed by atoms with Crippen LogP contribution in [0.2, 0.25) is 0 Å². The molecule has 0 aromatic heterocycles. The van der Waals surface area contributed by atoms with Crippen LogP contribution in [0, 0.1) is 0 Å². The molecule has 0 nitrogen and oxygen atoms in total. The maximum atomic E-state index is 4.23. The first-order valence-corrected chi connectivity index (χ1v) is 8.81. The van der Waals surface area contributed by atoms with Crippen LogP contribution in [0.4, 0.5) is 0 Å². The Kier molecular flexibility index (Phi) is 5.64. The van der Waals surface area contributed by atoms with Crippen LogP contribution in [0.15, 0.2) is 92.0 Å². The Labute approximate surface area is 151 Å². The monoisotopic (exact) mass is 324 g/mol. The van der Waals surface area contributed by atoms with E-state index in [1.54, 1.807) is 0 Å². The molecule has 0 aliphatic carbocycles. The van der Waals surface area contributed by atoms with Crippen molar-refractivity contribution in [3.8, 4) is 0 Å². The van der Waals surface area contributed by atoms with Gasteiger partial charge in [-0.1, -0.05) is 98.1 Å². The summed E-state index contributed by atoms with van der Waals surface area (Å²) in [4.78, 5) is 0. The van der Waals surface area contributed by atoms with Crippen LogP contribution in [-0.2, 0) is 12.8 Å². The molecule has 0 N–H and O–H groups in total. The predicted molar refractivity (Wildman–Crippen MR) is 110 cm³/mol. The third-order valence-corrected chi connectivity index (χ3v) is 4.57. The summed E-state index contributed by atoms with van der Waals surface area (Å²) in [6, 6.07) is 27.8. The van der Waals surface area contributed by atoms with Gasteiger partial charge in [-0.05, 0) is 52.7 Å². The van der Waals surface area contributed by atoms with Gasteiger partial charge in [0.2, 0.25) is 0 Å². The molecule has 0 heteroatoms. The maximum Gasteiger partial charge on any atom is -0.0183 e. The summed E-state index contributed by atoms with van der Waals surface area (Å²) in [5.41, 5.74) is 7.40. The smallest absolute Gasteiger partial charge is 0.0183 e. The molecule has 25 heavy (non-hydrogen) atoms. The molecule has 0 amide bonds. The number of aryl methyl sites for hydroxylation is 2. The Balaban J connectivity index is 1.55. The molecule has 0 saturated heterocycles. The zero-order valence-corrected chi connectivity index (χ0v) is 14.6. The Hall–Kier alpha value is -2.86. The van der Waals surface area contributed by atoms with E-state index in [0.717, 1.165) is 24.8 Å². The van der Waals surface area contributed by atoms with Crippen LogP contribution in [0.25, 0.3) is 11.6 Å². The minimum atomic E-state index is 1.08. The summed E-state index contributed by atoms with van der Waals surface area (Å²) in [5, 5.41) is 0. The zero-order chi connectivity index (χ0) is 17.5. The number of rotatable bonds is 7. The molecule has 0 aliphatic heterocycles. The van der Waals surface area contributed by atoms with Crippen LogP contribution in [0.5, 0.6) is 0 Å². The molecule has 0 heterocycles. The maximum absolute atomic E-state index is 4.23. The largest absolute Gasteiger partial charge is 0.0985 e. The van der Waals surface area contributed by atoms with Crippen molar-refractivity contribution >= 4 is 11.6 Å². The second-order valence-corrected chi connectivity index (χ2v) is 6.34. The Morgan fingerprint density at radius 3 is 1.76 bits per heavy atom.